The Morgan fingerprint density at radius 2 is 1.13 bits per heavy atom. The van der Waals surface area contributed by atoms with Gasteiger partial charge in [0.15, 0.2) is 0 Å². The number of nitrogens with zero attached hydrogens (tertiary/aromatic N) is 4. The molecule has 0 radical (unpaired) electrons. The van der Waals surface area contributed by atoms with E-state index in [2.05, 4.69) is 88.5 Å². The monoisotopic (exact) mass is 394 g/mol. The van der Waals surface area contributed by atoms with Crippen molar-refractivity contribution in [1.82, 2.24) is 0 Å². The van der Waals surface area contributed by atoms with Crippen molar-refractivity contribution < 1.29 is 0 Å². The SMILES string of the molecule is N#Cc1cc(C#N)cc(N2B3c4ccccc4-c4ccccc4N3c3ccccc32)c1. The lowest BCUT2D eigenvalue weighted by Crippen LogP contribution is -2.55. The molecule has 0 atom stereocenters. The molecule has 0 bridgehead atoms. The van der Waals surface area contributed by atoms with Crippen LogP contribution < -0.4 is 15.1 Å². The van der Waals surface area contributed by atoms with E-state index in [-0.39, 0.29) is 6.98 Å². The number of hydrogen-bond donors (Lipinski definition) is 0. The molecule has 2 aliphatic rings. The lowest BCUT2D eigenvalue weighted by Gasteiger charge is -2.36. The summed E-state index contributed by atoms with van der Waals surface area (Å²) in [4.78, 5) is 4.60. The average molecular weight is 394 g/mol. The van der Waals surface area contributed by atoms with Gasteiger partial charge in [-0.3, -0.25) is 0 Å². The number of nitriles is 2. The molecule has 6 rings (SSSR count). The zero-order valence-electron chi connectivity index (χ0n) is 16.5. The van der Waals surface area contributed by atoms with E-state index in [4.69, 9.17) is 0 Å². The van der Waals surface area contributed by atoms with Crippen LogP contribution in [0.5, 0.6) is 0 Å². The quantitative estimate of drug-likeness (QED) is 0.422. The van der Waals surface area contributed by atoms with E-state index in [1.54, 1.807) is 6.07 Å². The van der Waals surface area contributed by atoms with E-state index in [1.807, 2.05) is 18.2 Å². The molecule has 0 N–H and O–H groups in total. The maximum Gasteiger partial charge on any atom is 0.421 e. The number of anilines is 4. The minimum absolute atomic E-state index is 0.107. The van der Waals surface area contributed by atoms with Crippen molar-refractivity contribution in [2.75, 3.05) is 9.62 Å². The Labute approximate surface area is 180 Å². The summed E-state index contributed by atoms with van der Waals surface area (Å²) in [7, 11) is 0. The van der Waals surface area contributed by atoms with Gasteiger partial charge in [0, 0.05) is 16.9 Å². The molecule has 0 saturated heterocycles. The van der Waals surface area contributed by atoms with Gasteiger partial charge in [-0.05, 0) is 47.4 Å². The molecule has 2 aliphatic heterocycles. The van der Waals surface area contributed by atoms with Crippen molar-refractivity contribution >= 4 is 35.2 Å². The number of benzene rings is 4. The van der Waals surface area contributed by atoms with Crippen LogP contribution in [0.15, 0.2) is 91.0 Å². The van der Waals surface area contributed by atoms with E-state index in [1.165, 1.54) is 16.6 Å². The van der Waals surface area contributed by atoms with E-state index in [9.17, 15) is 10.5 Å². The molecule has 0 spiro atoms. The number of rotatable bonds is 1. The summed E-state index contributed by atoms with van der Waals surface area (Å²) < 4.78 is 0. The molecule has 4 nitrogen and oxygen atoms in total. The van der Waals surface area contributed by atoms with Gasteiger partial charge in [0.2, 0.25) is 0 Å². The molecule has 0 aliphatic carbocycles. The largest absolute Gasteiger partial charge is 0.421 e. The molecule has 0 saturated carbocycles. The predicted molar refractivity (Wildman–Crippen MR) is 124 cm³/mol. The van der Waals surface area contributed by atoms with Crippen LogP contribution in [0.3, 0.4) is 0 Å². The van der Waals surface area contributed by atoms with Crippen LogP contribution in [0.2, 0.25) is 0 Å². The van der Waals surface area contributed by atoms with Gasteiger partial charge in [0.25, 0.3) is 0 Å². The highest BCUT2D eigenvalue weighted by molar-refractivity contribution is 6.86. The first-order chi connectivity index (χ1) is 15.3. The van der Waals surface area contributed by atoms with Crippen LogP contribution in [0.4, 0.5) is 22.7 Å². The van der Waals surface area contributed by atoms with Gasteiger partial charge < -0.3 is 9.62 Å². The Balaban J connectivity index is 1.68. The third kappa shape index (κ3) is 2.41. The molecule has 0 fully saturated rings. The zero-order chi connectivity index (χ0) is 20.9. The normalized spacial score (nSPS) is 12.9. The zero-order valence-corrected chi connectivity index (χ0v) is 16.5. The number of hydrogen-bond acceptors (Lipinski definition) is 4. The summed E-state index contributed by atoms with van der Waals surface area (Å²) in [6.07, 6.45) is 0. The smallest absolute Gasteiger partial charge is 0.360 e. The van der Waals surface area contributed by atoms with Crippen molar-refractivity contribution in [3.8, 4) is 23.3 Å². The number of para-hydroxylation sites is 3. The van der Waals surface area contributed by atoms with Crippen molar-refractivity contribution in [1.29, 1.82) is 10.5 Å². The summed E-state index contributed by atoms with van der Waals surface area (Å²) in [5.41, 5.74) is 8.71. The first-order valence-corrected chi connectivity index (χ1v) is 10.1. The fourth-order valence-corrected chi connectivity index (χ4v) is 4.83. The van der Waals surface area contributed by atoms with Crippen molar-refractivity contribution in [2.24, 2.45) is 0 Å². The van der Waals surface area contributed by atoms with Gasteiger partial charge in [-0.1, -0.05) is 54.6 Å². The average Bonchev–Trinajstić information content (AvgIpc) is 3.19. The standard InChI is InChI=1S/C26H15BN4/c28-16-18-13-19(17-29)15-20(14-18)30-25-11-5-6-12-26(25)31-24-10-4-2-8-22(24)21-7-1-3-9-23(21)27(30)31/h1-15H. The van der Waals surface area contributed by atoms with Gasteiger partial charge in [-0.15, -0.1) is 0 Å². The van der Waals surface area contributed by atoms with E-state index in [0.717, 1.165) is 22.7 Å². The molecule has 0 unspecified atom stereocenters. The lowest BCUT2D eigenvalue weighted by molar-refractivity contribution is 1.36. The molecule has 31 heavy (non-hydrogen) atoms. The second-order valence-electron chi connectivity index (χ2n) is 7.70. The second kappa shape index (κ2) is 6.52. The van der Waals surface area contributed by atoms with Gasteiger partial charge in [-0.2, -0.15) is 10.5 Å². The topological polar surface area (TPSA) is 54.1 Å². The van der Waals surface area contributed by atoms with Crippen LogP contribution in [0.25, 0.3) is 11.1 Å². The number of fused-ring (bicyclic) bond motifs is 8. The minimum atomic E-state index is -0.107. The third-order valence-electron chi connectivity index (χ3n) is 6.04. The Bertz CT molecular complexity index is 1410. The first-order valence-electron chi connectivity index (χ1n) is 10.1. The maximum atomic E-state index is 9.55. The third-order valence-corrected chi connectivity index (χ3v) is 6.04. The van der Waals surface area contributed by atoms with Gasteiger partial charge in [0.05, 0.1) is 34.6 Å². The Hall–Kier alpha value is -4.48. The van der Waals surface area contributed by atoms with E-state index in [0.29, 0.717) is 11.1 Å². The van der Waals surface area contributed by atoms with Gasteiger partial charge in [0.1, 0.15) is 0 Å². The van der Waals surface area contributed by atoms with Crippen LogP contribution >= 0.6 is 0 Å². The van der Waals surface area contributed by atoms with Crippen molar-refractivity contribution in [3.63, 3.8) is 0 Å². The fraction of sp³-hybridized carbons (Fsp3) is 0. The van der Waals surface area contributed by atoms with Crippen LogP contribution in [0, 0.1) is 22.7 Å². The van der Waals surface area contributed by atoms with Crippen LogP contribution in [0.1, 0.15) is 11.1 Å². The molecule has 5 heteroatoms. The van der Waals surface area contributed by atoms with Crippen LogP contribution in [-0.2, 0) is 0 Å². The molecular formula is C26H15BN4. The lowest BCUT2D eigenvalue weighted by atomic mass is 9.59. The molecule has 142 valence electrons. The molecule has 4 aromatic carbocycles. The second-order valence-corrected chi connectivity index (χ2v) is 7.70. The van der Waals surface area contributed by atoms with E-state index >= 15 is 0 Å². The highest BCUT2D eigenvalue weighted by Gasteiger charge is 2.47. The maximum absolute atomic E-state index is 9.55. The summed E-state index contributed by atoms with van der Waals surface area (Å²) in [5, 5.41) is 19.1. The molecule has 4 aromatic rings. The van der Waals surface area contributed by atoms with Crippen molar-refractivity contribution in [3.05, 3.63) is 102 Å². The highest BCUT2D eigenvalue weighted by Crippen LogP contribution is 2.50. The molecular weight excluding hydrogens is 379 g/mol. The summed E-state index contributed by atoms with van der Waals surface area (Å²) in [5.74, 6) is 0. The van der Waals surface area contributed by atoms with E-state index < -0.39 is 0 Å². The Morgan fingerprint density at radius 1 is 0.581 bits per heavy atom. The summed E-state index contributed by atoms with van der Waals surface area (Å²) in [6.45, 7) is -0.107. The van der Waals surface area contributed by atoms with Crippen LogP contribution in [-0.4, -0.2) is 6.98 Å². The van der Waals surface area contributed by atoms with Crippen molar-refractivity contribution in [2.45, 2.75) is 0 Å². The summed E-state index contributed by atoms with van der Waals surface area (Å²) in [6, 6.07) is 35.0. The highest BCUT2D eigenvalue weighted by atomic mass is 15.3. The fourth-order valence-electron chi connectivity index (χ4n) is 4.83. The molecule has 2 heterocycles. The molecule has 0 amide bonds. The predicted octanol–water partition coefficient (Wildman–Crippen LogP) is 5.10. The van der Waals surface area contributed by atoms with Gasteiger partial charge in [-0.25, -0.2) is 0 Å². The summed E-state index contributed by atoms with van der Waals surface area (Å²) >= 11 is 0. The Morgan fingerprint density at radius 3 is 1.81 bits per heavy atom. The first kappa shape index (κ1) is 17.4. The minimum Gasteiger partial charge on any atom is -0.360 e. The molecule has 0 aromatic heterocycles. The Kier molecular flexibility index (Phi) is 3.66. The van der Waals surface area contributed by atoms with Gasteiger partial charge >= 0.3 is 6.98 Å².